The van der Waals surface area contributed by atoms with E-state index in [1.165, 1.54) is 18.4 Å². The molecule has 0 atom stereocenters. The quantitative estimate of drug-likeness (QED) is 0.657. The molecular formula is C23H25N3OS. The van der Waals surface area contributed by atoms with Gasteiger partial charge < -0.3 is 10.2 Å². The Kier molecular flexibility index (Phi) is 6.02. The molecule has 1 aliphatic heterocycles. The molecule has 3 heterocycles. The Morgan fingerprint density at radius 2 is 1.89 bits per heavy atom. The van der Waals surface area contributed by atoms with Gasteiger partial charge in [0, 0.05) is 18.0 Å². The van der Waals surface area contributed by atoms with E-state index >= 15 is 0 Å². The number of hydrogen-bond donors (Lipinski definition) is 1. The van der Waals surface area contributed by atoms with Crippen LogP contribution >= 0.6 is 11.3 Å². The Hall–Kier alpha value is -2.66. The van der Waals surface area contributed by atoms with Gasteiger partial charge in [-0.3, -0.25) is 4.79 Å². The summed E-state index contributed by atoms with van der Waals surface area (Å²) >= 11 is 1.60. The summed E-state index contributed by atoms with van der Waals surface area (Å²) in [4.78, 5) is 20.1. The van der Waals surface area contributed by atoms with Gasteiger partial charge in [0.1, 0.15) is 5.82 Å². The SMILES string of the molecule is O=C(Cc1cccs1)Nc1ccc(N2CCC(Cc3ccccc3)CC2)nc1. The van der Waals surface area contributed by atoms with E-state index in [2.05, 4.69) is 45.5 Å². The van der Waals surface area contributed by atoms with Crippen LogP contribution < -0.4 is 10.2 Å². The number of piperidine rings is 1. The Morgan fingerprint density at radius 3 is 2.57 bits per heavy atom. The highest BCUT2D eigenvalue weighted by Gasteiger charge is 2.20. The molecule has 1 N–H and O–H groups in total. The second-order valence-corrected chi connectivity index (χ2v) is 8.36. The van der Waals surface area contributed by atoms with Crippen LogP contribution in [0.3, 0.4) is 0 Å². The number of aromatic nitrogens is 1. The summed E-state index contributed by atoms with van der Waals surface area (Å²) in [6.07, 6.45) is 5.72. The molecule has 2 aromatic heterocycles. The third-order valence-electron chi connectivity index (χ3n) is 5.25. The lowest BCUT2D eigenvalue weighted by Crippen LogP contribution is -2.34. The zero-order chi connectivity index (χ0) is 19.2. The van der Waals surface area contributed by atoms with Gasteiger partial charge in [0.25, 0.3) is 0 Å². The third-order valence-corrected chi connectivity index (χ3v) is 6.13. The first-order valence-corrected chi connectivity index (χ1v) is 10.7. The first-order valence-electron chi connectivity index (χ1n) is 9.83. The molecule has 0 unspecified atom stereocenters. The average Bonchev–Trinajstić information content (AvgIpc) is 3.23. The lowest BCUT2D eigenvalue weighted by atomic mass is 9.90. The predicted octanol–water partition coefficient (Wildman–Crippen LogP) is 4.78. The smallest absolute Gasteiger partial charge is 0.229 e. The second kappa shape index (κ2) is 9.02. The van der Waals surface area contributed by atoms with Crippen molar-refractivity contribution in [2.24, 2.45) is 5.92 Å². The number of amides is 1. The molecule has 0 bridgehead atoms. The van der Waals surface area contributed by atoms with Crippen LogP contribution in [-0.4, -0.2) is 24.0 Å². The van der Waals surface area contributed by atoms with Crippen molar-refractivity contribution in [2.75, 3.05) is 23.3 Å². The van der Waals surface area contributed by atoms with Crippen molar-refractivity contribution in [1.29, 1.82) is 0 Å². The summed E-state index contributed by atoms with van der Waals surface area (Å²) in [5.74, 6) is 1.74. The van der Waals surface area contributed by atoms with E-state index < -0.39 is 0 Å². The lowest BCUT2D eigenvalue weighted by molar-refractivity contribution is -0.115. The number of carbonyl (C=O) groups excluding carboxylic acids is 1. The first kappa shape index (κ1) is 18.7. The number of pyridine rings is 1. The van der Waals surface area contributed by atoms with Crippen molar-refractivity contribution in [3.63, 3.8) is 0 Å². The fourth-order valence-corrected chi connectivity index (χ4v) is 4.44. The summed E-state index contributed by atoms with van der Waals surface area (Å²) in [5, 5.41) is 4.92. The van der Waals surface area contributed by atoms with Crippen LogP contribution in [-0.2, 0) is 17.6 Å². The molecule has 4 nitrogen and oxygen atoms in total. The number of benzene rings is 1. The molecule has 1 aromatic carbocycles. The minimum Gasteiger partial charge on any atom is -0.357 e. The van der Waals surface area contributed by atoms with Crippen molar-refractivity contribution in [2.45, 2.75) is 25.7 Å². The molecule has 1 fully saturated rings. The molecule has 1 aliphatic rings. The van der Waals surface area contributed by atoms with E-state index in [9.17, 15) is 4.79 Å². The highest BCUT2D eigenvalue weighted by molar-refractivity contribution is 7.10. The van der Waals surface area contributed by atoms with Crippen molar-refractivity contribution < 1.29 is 4.79 Å². The van der Waals surface area contributed by atoms with Crippen LogP contribution in [0.1, 0.15) is 23.3 Å². The molecule has 0 radical (unpaired) electrons. The van der Waals surface area contributed by atoms with Crippen molar-refractivity contribution in [3.05, 3.63) is 76.6 Å². The van der Waals surface area contributed by atoms with Gasteiger partial charge in [-0.05, 0) is 54.3 Å². The Bertz CT molecular complexity index is 870. The zero-order valence-corrected chi connectivity index (χ0v) is 16.7. The van der Waals surface area contributed by atoms with E-state index in [4.69, 9.17) is 0 Å². The van der Waals surface area contributed by atoms with Gasteiger partial charge in [0.2, 0.25) is 5.91 Å². The maximum atomic E-state index is 12.1. The van der Waals surface area contributed by atoms with Gasteiger partial charge in [0.05, 0.1) is 18.3 Å². The summed E-state index contributed by atoms with van der Waals surface area (Å²) in [7, 11) is 0. The summed E-state index contributed by atoms with van der Waals surface area (Å²) in [5.41, 5.74) is 2.19. The first-order chi connectivity index (χ1) is 13.8. The highest BCUT2D eigenvalue weighted by Crippen LogP contribution is 2.25. The molecular weight excluding hydrogens is 366 g/mol. The minimum absolute atomic E-state index is 0.00118. The zero-order valence-electron chi connectivity index (χ0n) is 15.9. The number of thiophene rings is 1. The molecule has 1 amide bonds. The van der Waals surface area contributed by atoms with Crippen molar-refractivity contribution in [1.82, 2.24) is 4.98 Å². The molecule has 4 rings (SSSR count). The standard InChI is InChI=1S/C23H25N3OS/c27-23(16-21-7-4-14-28-21)25-20-8-9-22(24-17-20)26-12-10-19(11-13-26)15-18-5-2-1-3-6-18/h1-9,14,17,19H,10-13,15-16H2,(H,25,27). The largest absolute Gasteiger partial charge is 0.357 e. The number of carbonyl (C=O) groups is 1. The monoisotopic (exact) mass is 391 g/mol. The topological polar surface area (TPSA) is 45.2 Å². The number of rotatable bonds is 6. The molecule has 0 aliphatic carbocycles. The molecule has 0 saturated carbocycles. The Labute approximate surface area is 170 Å². The average molecular weight is 392 g/mol. The van der Waals surface area contributed by atoms with E-state index in [-0.39, 0.29) is 5.91 Å². The summed E-state index contributed by atoms with van der Waals surface area (Å²) in [6, 6.07) is 18.7. The molecule has 28 heavy (non-hydrogen) atoms. The molecule has 3 aromatic rings. The maximum Gasteiger partial charge on any atom is 0.229 e. The predicted molar refractivity (Wildman–Crippen MR) is 116 cm³/mol. The number of nitrogens with zero attached hydrogens (tertiary/aromatic N) is 2. The van der Waals surface area contributed by atoms with E-state index in [1.807, 2.05) is 29.6 Å². The maximum absolute atomic E-state index is 12.1. The van der Waals surface area contributed by atoms with Crippen molar-refractivity contribution in [3.8, 4) is 0 Å². The van der Waals surface area contributed by atoms with Crippen LogP contribution in [0.25, 0.3) is 0 Å². The van der Waals surface area contributed by atoms with Gasteiger partial charge in [-0.25, -0.2) is 4.98 Å². The van der Waals surface area contributed by atoms with Gasteiger partial charge in [-0.15, -0.1) is 11.3 Å². The number of anilines is 2. The van der Waals surface area contributed by atoms with Crippen LogP contribution in [0.2, 0.25) is 0 Å². The molecule has 0 spiro atoms. The summed E-state index contributed by atoms with van der Waals surface area (Å²) in [6.45, 7) is 2.07. The fourth-order valence-electron chi connectivity index (χ4n) is 3.74. The Morgan fingerprint density at radius 1 is 1.07 bits per heavy atom. The van der Waals surface area contributed by atoms with Gasteiger partial charge in [0.15, 0.2) is 0 Å². The van der Waals surface area contributed by atoms with Crippen LogP contribution in [0.4, 0.5) is 11.5 Å². The normalized spacial score (nSPS) is 14.8. The van der Waals surface area contributed by atoms with Crippen LogP contribution in [0, 0.1) is 5.92 Å². The molecule has 5 heteroatoms. The van der Waals surface area contributed by atoms with Crippen molar-refractivity contribution >= 4 is 28.7 Å². The van der Waals surface area contributed by atoms with Gasteiger partial charge in [-0.1, -0.05) is 36.4 Å². The second-order valence-electron chi connectivity index (χ2n) is 7.33. The molecule has 1 saturated heterocycles. The molecule has 144 valence electrons. The minimum atomic E-state index is -0.00118. The highest BCUT2D eigenvalue weighted by atomic mass is 32.1. The van der Waals surface area contributed by atoms with Crippen LogP contribution in [0.5, 0.6) is 0 Å². The fraction of sp³-hybridized carbons (Fsp3) is 0.304. The van der Waals surface area contributed by atoms with E-state index in [0.29, 0.717) is 6.42 Å². The lowest BCUT2D eigenvalue weighted by Gasteiger charge is -2.33. The van der Waals surface area contributed by atoms with E-state index in [0.717, 1.165) is 41.8 Å². The van der Waals surface area contributed by atoms with Gasteiger partial charge in [-0.2, -0.15) is 0 Å². The van der Waals surface area contributed by atoms with E-state index in [1.54, 1.807) is 17.5 Å². The van der Waals surface area contributed by atoms with Crippen LogP contribution in [0.15, 0.2) is 66.2 Å². The van der Waals surface area contributed by atoms with Gasteiger partial charge >= 0.3 is 0 Å². The number of nitrogens with one attached hydrogen (secondary N) is 1. The third kappa shape index (κ3) is 4.98. The number of hydrogen-bond acceptors (Lipinski definition) is 4. The summed E-state index contributed by atoms with van der Waals surface area (Å²) < 4.78 is 0. The Balaban J connectivity index is 1.27.